The van der Waals surface area contributed by atoms with Gasteiger partial charge in [0, 0.05) is 0 Å². The van der Waals surface area contributed by atoms with Crippen LogP contribution in [0.15, 0.2) is 18.2 Å². The summed E-state index contributed by atoms with van der Waals surface area (Å²) in [6.45, 7) is 2.24. The van der Waals surface area contributed by atoms with E-state index < -0.39 is 0 Å². The van der Waals surface area contributed by atoms with E-state index in [0.717, 1.165) is 12.0 Å². The fourth-order valence-electron chi connectivity index (χ4n) is 2.28. The van der Waals surface area contributed by atoms with E-state index in [4.69, 9.17) is 14.2 Å². The van der Waals surface area contributed by atoms with E-state index in [1.165, 1.54) is 32.1 Å². The number of rotatable bonds is 10. The first-order chi connectivity index (χ1) is 10.3. The standard InChI is InChI=1S/C18H28O3/c1-5-6-7-8-9-10-11-12-15-13-16(19-2)18(21-4)17(14-15)20-3/h11-14H,5-10H2,1-4H3/b12-11+. The highest BCUT2D eigenvalue weighted by Gasteiger charge is 2.11. The van der Waals surface area contributed by atoms with Gasteiger partial charge in [0.2, 0.25) is 5.75 Å². The third kappa shape index (κ3) is 5.70. The molecule has 0 radical (unpaired) electrons. The first-order valence-electron chi connectivity index (χ1n) is 7.73. The summed E-state index contributed by atoms with van der Waals surface area (Å²) in [4.78, 5) is 0. The average Bonchev–Trinajstić information content (AvgIpc) is 2.52. The SMILES string of the molecule is CCCCCCC/C=C/c1cc(OC)c(OC)c(OC)c1. The van der Waals surface area contributed by atoms with Gasteiger partial charge in [0.15, 0.2) is 11.5 Å². The fourth-order valence-corrected chi connectivity index (χ4v) is 2.28. The summed E-state index contributed by atoms with van der Waals surface area (Å²) in [5.74, 6) is 2.02. The molecule has 0 saturated heterocycles. The maximum atomic E-state index is 5.35. The first-order valence-corrected chi connectivity index (χ1v) is 7.73. The van der Waals surface area contributed by atoms with E-state index in [1.54, 1.807) is 21.3 Å². The molecule has 0 spiro atoms. The van der Waals surface area contributed by atoms with Crippen molar-refractivity contribution >= 4 is 6.08 Å². The Labute approximate surface area is 128 Å². The van der Waals surface area contributed by atoms with Crippen LogP contribution in [0.2, 0.25) is 0 Å². The normalized spacial score (nSPS) is 10.9. The maximum Gasteiger partial charge on any atom is 0.203 e. The topological polar surface area (TPSA) is 27.7 Å². The molecule has 1 aromatic carbocycles. The number of unbranched alkanes of at least 4 members (excludes halogenated alkanes) is 5. The lowest BCUT2D eigenvalue weighted by Crippen LogP contribution is -1.95. The van der Waals surface area contributed by atoms with Gasteiger partial charge in [0.1, 0.15) is 0 Å². The van der Waals surface area contributed by atoms with Gasteiger partial charge in [-0.3, -0.25) is 0 Å². The molecule has 3 nitrogen and oxygen atoms in total. The highest BCUT2D eigenvalue weighted by molar-refractivity contribution is 5.62. The van der Waals surface area contributed by atoms with Gasteiger partial charge in [-0.25, -0.2) is 0 Å². The zero-order valence-electron chi connectivity index (χ0n) is 13.8. The van der Waals surface area contributed by atoms with Crippen LogP contribution in [0, 0.1) is 0 Å². The summed E-state index contributed by atoms with van der Waals surface area (Å²) in [6, 6.07) is 3.93. The van der Waals surface area contributed by atoms with Crippen LogP contribution in [0.5, 0.6) is 17.2 Å². The number of hydrogen-bond acceptors (Lipinski definition) is 3. The highest BCUT2D eigenvalue weighted by Crippen LogP contribution is 2.38. The summed E-state index contributed by atoms with van der Waals surface area (Å²) >= 11 is 0. The van der Waals surface area contributed by atoms with Gasteiger partial charge in [0.25, 0.3) is 0 Å². The molecule has 0 aliphatic heterocycles. The maximum absolute atomic E-state index is 5.35. The van der Waals surface area contributed by atoms with Crippen molar-refractivity contribution in [2.24, 2.45) is 0 Å². The molecule has 3 heteroatoms. The van der Waals surface area contributed by atoms with Gasteiger partial charge < -0.3 is 14.2 Å². The molecule has 0 unspecified atom stereocenters. The van der Waals surface area contributed by atoms with Crippen LogP contribution in [0.4, 0.5) is 0 Å². The van der Waals surface area contributed by atoms with Gasteiger partial charge >= 0.3 is 0 Å². The minimum Gasteiger partial charge on any atom is -0.493 e. The van der Waals surface area contributed by atoms with E-state index >= 15 is 0 Å². The molecule has 1 aromatic rings. The quantitative estimate of drug-likeness (QED) is 0.562. The molecule has 1 rings (SSSR count). The van der Waals surface area contributed by atoms with Gasteiger partial charge in [0.05, 0.1) is 21.3 Å². The third-order valence-corrected chi connectivity index (χ3v) is 3.47. The van der Waals surface area contributed by atoms with E-state index in [0.29, 0.717) is 17.2 Å². The fraction of sp³-hybridized carbons (Fsp3) is 0.556. The Morgan fingerprint density at radius 1 is 0.857 bits per heavy atom. The Hall–Kier alpha value is -1.64. The van der Waals surface area contributed by atoms with Crippen molar-refractivity contribution < 1.29 is 14.2 Å². The van der Waals surface area contributed by atoms with Gasteiger partial charge in [-0.05, 0) is 30.5 Å². The van der Waals surface area contributed by atoms with Crippen molar-refractivity contribution in [3.05, 3.63) is 23.8 Å². The number of methoxy groups -OCH3 is 3. The van der Waals surface area contributed by atoms with Crippen molar-refractivity contribution in [1.29, 1.82) is 0 Å². The molecule has 21 heavy (non-hydrogen) atoms. The summed E-state index contributed by atoms with van der Waals surface area (Å²) in [6.07, 6.45) is 12.0. The lowest BCUT2D eigenvalue weighted by Gasteiger charge is -2.12. The molecular weight excluding hydrogens is 264 g/mol. The van der Waals surface area contributed by atoms with E-state index in [9.17, 15) is 0 Å². The average molecular weight is 292 g/mol. The summed E-state index contributed by atoms with van der Waals surface area (Å²) in [7, 11) is 4.89. The van der Waals surface area contributed by atoms with E-state index in [1.807, 2.05) is 12.1 Å². The third-order valence-electron chi connectivity index (χ3n) is 3.47. The van der Waals surface area contributed by atoms with Gasteiger partial charge in [-0.15, -0.1) is 0 Å². The summed E-state index contributed by atoms with van der Waals surface area (Å²) in [5.41, 5.74) is 1.07. The second kappa shape index (κ2) is 10.1. The molecule has 0 saturated carbocycles. The molecule has 0 aliphatic carbocycles. The molecule has 0 heterocycles. The van der Waals surface area contributed by atoms with Gasteiger partial charge in [-0.1, -0.05) is 44.8 Å². The highest BCUT2D eigenvalue weighted by atomic mass is 16.5. The van der Waals surface area contributed by atoms with Crippen LogP contribution in [0.3, 0.4) is 0 Å². The smallest absolute Gasteiger partial charge is 0.203 e. The predicted octanol–water partition coefficient (Wildman–Crippen LogP) is 5.09. The first kappa shape index (κ1) is 17.4. The molecular formula is C18H28O3. The molecule has 0 atom stereocenters. The van der Waals surface area contributed by atoms with Crippen molar-refractivity contribution in [2.45, 2.75) is 45.4 Å². The van der Waals surface area contributed by atoms with Crippen molar-refractivity contribution in [1.82, 2.24) is 0 Å². The molecule has 0 aromatic heterocycles. The van der Waals surface area contributed by atoms with Crippen molar-refractivity contribution in [3.8, 4) is 17.2 Å². The Morgan fingerprint density at radius 3 is 2.00 bits per heavy atom. The zero-order valence-corrected chi connectivity index (χ0v) is 13.8. The molecule has 118 valence electrons. The Balaban J connectivity index is 2.62. The van der Waals surface area contributed by atoms with Crippen LogP contribution in [0.25, 0.3) is 6.08 Å². The molecule has 0 N–H and O–H groups in total. The van der Waals surface area contributed by atoms with Crippen LogP contribution in [-0.4, -0.2) is 21.3 Å². The monoisotopic (exact) mass is 292 g/mol. The Bertz CT molecular complexity index is 413. The van der Waals surface area contributed by atoms with Crippen LogP contribution in [0.1, 0.15) is 51.0 Å². The second-order valence-electron chi connectivity index (χ2n) is 5.06. The van der Waals surface area contributed by atoms with Crippen molar-refractivity contribution in [3.63, 3.8) is 0 Å². The summed E-state index contributed by atoms with van der Waals surface area (Å²) in [5, 5.41) is 0. The minimum atomic E-state index is 0.636. The molecule has 0 fully saturated rings. The Morgan fingerprint density at radius 2 is 1.48 bits per heavy atom. The molecule has 0 bridgehead atoms. The van der Waals surface area contributed by atoms with Crippen molar-refractivity contribution in [2.75, 3.05) is 21.3 Å². The lowest BCUT2D eigenvalue weighted by molar-refractivity contribution is 0.324. The number of benzene rings is 1. The number of ether oxygens (including phenoxy) is 3. The largest absolute Gasteiger partial charge is 0.493 e. The minimum absolute atomic E-state index is 0.636. The number of hydrogen-bond donors (Lipinski definition) is 0. The predicted molar refractivity (Wildman–Crippen MR) is 88.5 cm³/mol. The zero-order chi connectivity index (χ0) is 15.5. The molecule has 0 aliphatic rings. The van der Waals surface area contributed by atoms with E-state index in [-0.39, 0.29) is 0 Å². The second-order valence-corrected chi connectivity index (χ2v) is 5.06. The number of allylic oxidation sites excluding steroid dienone is 1. The van der Waals surface area contributed by atoms with Crippen LogP contribution >= 0.6 is 0 Å². The van der Waals surface area contributed by atoms with Crippen LogP contribution < -0.4 is 14.2 Å². The Kier molecular flexibility index (Phi) is 8.41. The van der Waals surface area contributed by atoms with Gasteiger partial charge in [-0.2, -0.15) is 0 Å². The van der Waals surface area contributed by atoms with Crippen LogP contribution in [-0.2, 0) is 0 Å². The summed E-state index contributed by atoms with van der Waals surface area (Å²) < 4.78 is 16.0. The van der Waals surface area contributed by atoms with E-state index in [2.05, 4.69) is 19.1 Å². The lowest BCUT2D eigenvalue weighted by atomic mass is 10.1. The molecule has 0 amide bonds.